The SMILES string of the molecule is Nc1nc(-c2ccc(F)cc2F)nc(N2CCCC2)n1. The fourth-order valence-electron chi connectivity index (χ4n) is 2.23. The quantitative estimate of drug-likeness (QED) is 0.909. The Labute approximate surface area is 114 Å². The van der Waals surface area contributed by atoms with Gasteiger partial charge in [-0.3, -0.25) is 0 Å². The van der Waals surface area contributed by atoms with Gasteiger partial charge in [0.2, 0.25) is 11.9 Å². The predicted molar refractivity (Wildman–Crippen MR) is 71.0 cm³/mol. The van der Waals surface area contributed by atoms with Gasteiger partial charge in [-0.1, -0.05) is 0 Å². The monoisotopic (exact) mass is 277 g/mol. The highest BCUT2D eigenvalue weighted by molar-refractivity contribution is 5.58. The maximum absolute atomic E-state index is 13.8. The smallest absolute Gasteiger partial charge is 0.230 e. The zero-order valence-corrected chi connectivity index (χ0v) is 10.7. The third kappa shape index (κ3) is 2.38. The molecule has 0 aliphatic carbocycles. The van der Waals surface area contributed by atoms with E-state index in [1.807, 2.05) is 4.90 Å². The number of rotatable bonds is 2. The summed E-state index contributed by atoms with van der Waals surface area (Å²) < 4.78 is 26.7. The molecule has 0 spiro atoms. The van der Waals surface area contributed by atoms with Gasteiger partial charge in [-0.05, 0) is 25.0 Å². The van der Waals surface area contributed by atoms with Crippen molar-refractivity contribution in [1.29, 1.82) is 0 Å². The van der Waals surface area contributed by atoms with Crippen molar-refractivity contribution in [2.45, 2.75) is 12.8 Å². The highest BCUT2D eigenvalue weighted by atomic mass is 19.1. The minimum atomic E-state index is -0.719. The van der Waals surface area contributed by atoms with Crippen molar-refractivity contribution in [3.8, 4) is 11.4 Å². The van der Waals surface area contributed by atoms with Gasteiger partial charge in [0.05, 0.1) is 5.56 Å². The minimum Gasteiger partial charge on any atom is -0.368 e. The molecule has 0 unspecified atom stereocenters. The van der Waals surface area contributed by atoms with E-state index in [9.17, 15) is 8.78 Å². The van der Waals surface area contributed by atoms with Crippen molar-refractivity contribution in [2.75, 3.05) is 23.7 Å². The first-order valence-electron chi connectivity index (χ1n) is 6.35. The zero-order valence-electron chi connectivity index (χ0n) is 10.7. The standard InChI is InChI=1S/C13H13F2N5/c14-8-3-4-9(10(15)7-8)11-17-12(16)19-13(18-11)20-5-1-2-6-20/h3-4,7H,1-2,5-6H2,(H2,16,17,18,19). The summed E-state index contributed by atoms with van der Waals surface area (Å²) in [5.41, 5.74) is 5.77. The Hall–Kier alpha value is -2.31. The van der Waals surface area contributed by atoms with E-state index in [4.69, 9.17) is 5.73 Å². The van der Waals surface area contributed by atoms with Crippen molar-refractivity contribution in [3.05, 3.63) is 29.8 Å². The lowest BCUT2D eigenvalue weighted by Gasteiger charge is -2.15. The lowest BCUT2D eigenvalue weighted by atomic mass is 10.2. The fourth-order valence-corrected chi connectivity index (χ4v) is 2.23. The van der Waals surface area contributed by atoms with E-state index in [0.29, 0.717) is 5.95 Å². The van der Waals surface area contributed by atoms with Crippen molar-refractivity contribution in [3.63, 3.8) is 0 Å². The number of aromatic nitrogens is 3. The van der Waals surface area contributed by atoms with Crippen LogP contribution in [0.5, 0.6) is 0 Å². The van der Waals surface area contributed by atoms with Crippen LogP contribution in [0.4, 0.5) is 20.7 Å². The molecule has 1 saturated heterocycles. The molecule has 1 aliphatic rings. The third-order valence-electron chi connectivity index (χ3n) is 3.20. The summed E-state index contributed by atoms with van der Waals surface area (Å²) in [6.45, 7) is 1.68. The average molecular weight is 277 g/mol. The van der Waals surface area contributed by atoms with Crippen molar-refractivity contribution in [1.82, 2.24) is 15.0 Å². The molecule has 1 fully saturated rings. The van der Waals surface area contributed by atoms with E-state index in [1.165, 1.54) is 6.07 Å². The molecule has 0 bridgehead atoms. The van der Waals surface area contributed by atoms with Gasteiger partial charge in [-0.15, -0.1) is 0 Å². The molecule has 3 rings (SSSR count). The van der Waals surface area contributed by atoms with E-state index in [1.54, 1.807) is 0 Å². The number of hydrogen-bond acceptors (Lipinski definition) is 5. The highest BCUT2D eigenvalue weighted by Gasteiger charge is 2.18. The second-order valence-corrected chi connectivity index (χ2v) is 4.64. The second-order valence-electron chi connectivity index (χ2n) is 4.64. The average Bonchev–Trinajstić information content (AvgIpc) is 2.91. The lowest BCUT2D eigenvalue weighted by Crippen LogP contribution is -2.21. The zero-order chi connectivity index (χ0) is 14.1. The number of anilines is 2. The molecule has 2 N–H and O–H groups in total. The summed E-state index contributed by atoms with van der Waals surface area (Å²) in [6, 6.07) is 3.26. The topological polar surface area (TPSA) is 67.9 Å². The van der Waals surface area contributed by atoms with Crippen LogP contribution < -0.4 is 10.6 Å². The number of nitrogen functional groups attached to an aromatic ring is 1. The third-order valence-corrected chi connectivity index (χ3v) is 3.20. The molecule has 2 aromatic rings. The van der Waals surface area contributed by atoms with Crippen molar-refractivity contribution < 1.29 is 8.78 Å². The van der Waals surface area contributed by atoms with Crippen LogP contribution in [0, 0.1) is 11.6 Å². The molecule has 2 heterocycles. The van der Waals surface area contributed by atoms with Crippen LogP contribution >= 0.6 is 0 Å². The van der Waals surface area contributed by atoms with E-state index < -0.39 is 11.6 Å². The van der Waals surface area contributed by atoms with Crippen LogP contribution in [0.15, 0.2) is 18.2 Å². The Balaban J connectivity index is 2.04. The Bertz CT molecular complexity index is 641. The van der Waals surface area contributed by atoms with E-state index >= 15 is 0 Å². The summed E-state index contributed by atoms with van der Waals surface area (Å²) in [5, 5.41) is 0. The van der Waals surface area contributed by atoms with Crippen molar-refractivity contribution in [2.24, 2.45) is 0 Å². The molecule has 5 nitrogen and oxygen atoms in total. The number of nitrogens with two attached hydrogens (primary N) is 1. The Morgan fingerprint density at radius 1 is 1.05 bits per heavy atom. The van der Waals surface area contributed by atoms with E-state index in [2.05, 4.69) is 15.0 Å². The highest BCUT2D eigenvalue weighted by Crippen LogP contribution is 2.23. The second kappa shape index (κ2) is 4.99. The first-order valence-corrected chi connectivity index (χ1v) is 6.35. The van der Waals surface area contributed by atoms with Crippen LogP contribution in [-0.4, -0.2) is 28.0 Å². The van der Waals surface area contributed by atoms with Crippen LogP contribution in [0.3, 0.4) is 0 Å². The van der Waals surface area contributed by atoms with E-state index in [-0.39, 0.29) is 17.3 Å². The number of halogens is 2. The number of hydrogen-bond donors (Lipinski definition) is 1. The van der Waals surface area contributed by atoms with Gasteiger partial charge in [0.1, 0.15) is 11.6 Å². The maximum atomic E-state index is 13.8. The molecule has 1 aromatic heterocycles. The Kier molecular flexibility index (Phi) is 3.17. The molecule has 104 valence electrons. The van der Waals surface area contributed by atoms with Crippen LogP contribution in [0.2, 0.25) is 0 Å². The van der Waals surface area contributed by atoms with Gasteiger partial charge in [0.15, 0.2) is 5.82 Å². The molecule has 20 heavy (non-hydrogen) atoms. The number of nitrogens with zero attached hydrogens (tertiary/aromatic N) is 4. The maximum Gasteiger partial charge on any atom is 0.230 e. The van der Waals surface area contributed by atoms with Gasteiger partial charge in [0.25, 0.3) is 0 Å². The van der Waals surface area contributed by atoms with Gasteiger partial charge in [-0.25, -0.2) is 8.78 Å². The summed E-state index contributed by atoms with van der Waals surface area (Å²) >= 11 is 0. The molecular weight excluding hydrogens is 264 g/mol. The van der Waals surface area contributed by atoms with Gasteiger partial charge in [0, 0.05) is 19.2 Å². The fraction of sp³-hybridized carbons (Fsp3) is 0.308. The van der Waals surface area contributed by atoms with Gasteiger partial charge >= 0.3 is 0 Å². The Morgan fingerprint density at radius 3 is 2.50 bits per heavy atom. The van der Waals surface area contributed by atoms with E-state index in [0.717, 1.165) is 38.1 Å². The first kappa shape index (κ1) is 12.7. The molecule has 0 saturated carbocycles. The molecule has 1 aliphatic heterocycles. The van der Waals surface area contributed by atoms with Crippen LogP contribution in [-0.2, 0) is 0 Å². The molecule has 0 atom stereocenters. The molecule has 0 amide bonds. The van der Waals surface area contributed by atoms with Gasteiger partial charge in [-0.2, -0.15) is 15.0 Å². The van der Waals surface area contributed by atoms with Crippen molar-refractivity contribution >= 4 is 11.9 Å². The summed E-state index contributed by atoms with van der Waals surface area (Å²) in [6.07, 6.45) is 2.12. The first-order chi connectivity index (χ1) is 9.63. The molecule has 7 heteroatoms. The molecule has 0 radical (unpaired) electrons. The summed E-state index contributed by atoms with van der Waals surface area (Å²) in [5.74, 6) is -0.776. The number of benzene rings is 1. The predicted octanol–water partition coefficient (Wildman–Crippen LogP) is 2.00. The molecular formula is C13H13F2N5. The summed E-state index contributed by atoms with van der Waals surface area (Å²) in [4.78, 5) is 14.2. The minimum absolute atomic E-state index is 0.0284. The normalized spacial score (nSPS) is 14.8. The Morgan fingerprint density at radius 2 is 1.80 bits per heavy atom. The summed E-state index contributed by atoms with van der Waals surface area (Å²) in [7, 11) is 0. The largest absolute Gasteiger partial charge is 0.368 e. The van der Waals surface area contributed by atoms with Crippen LogP contribution in [0.1, 0.15) is 12.8 Å². The van der Waals surface area contributed by atoms with Crippen LogP contribution in [0.25, 0.3) is 11.4 Å². The van der Waals surface area contributed by atoms with Gasteiger partial charge < -0.3 is 10.6 Å². The molecule has 1 aromatic carbocycles. The lowest BCUT2D eigenvalue weighted by molar-refractivity contribution is 0.585.